The highest BCUT2D eigenvalue weighted by atomic mass is 32.1. The standard InChI is InChI=1S/C23H23N3O3S/c1-28-19-10-7-16(8-11-19)20-14-26-18(15-30-23(26)25-20)9-12-22(27)24-13-17-5-3-4-6-21(17)29-2/h3-8,10-11,14-15H,9,12-13H2,1-2H3,(H,24,27). The van der Waals surface area contributed by atoms with Crippen LogP contribution in [-0.4, -0.2) is 29.5 Å². The van der Waals surface area contributed by atoms with Crippen molar-refractivity contribution in [2.45, 2.75) is 19.4 Å². The van der Waals surface area contributed by atoms with E-state index in [0.717, 1.165) is 39.0 Å². The summed E-state index contributed by atoms with van der Waals surface area (Å²) in [6.45, 7) is 0.453. The van der Waals surface area contributed by atoms with Crippen LogP contribution < -0.4 is 14.8 Å². The fourth-order valence-electron chi connectivity index (χ4n) is 3.28. The van der Waals surface area contributed by atoms with Crippen molar-refractivity contribution in [1.82, 2.24) is 14.7 Å². The van der Waals surface area contributed by atoms with Gasteiger partial charge in [-0.3, -0.25) is 9.20 Å². The molecule has 2 aromatic heterocycles. The van der Waals surface area contributed by atoms with Crippen molar-refractivity contribution in [1.29, 1.82) is 0 Å². The average Bonchev–Trinajstić information content (AvgIpc) is 3.37. The smallest absolute Gasteiger partial charge is 0.220 e. The summed E-state index contributed by atoms with van der Waals surface area (Å²) in [6.07, 6.45) is 3.09. The lowest BCUT2D eigenvalue weighted by molar-refractivity contribution is -0.121. The molecule has 0 fully saturated rings. The SMILES string of the molecule is COc1ccc(-c2cn3c(CCC(=O)NCc4ccccc4OC)csc3n2)cc1. The fourth-order valence-corrected chi connectivity index (χ4v) is 4.19. The van der Waals surface area contributed by atoms with Crippen molar-refractivity contribution in [3.05, 3.63) is 71.4 Å². The molecule has 0 bridgehead atoms. The molecular formula is C23H23N3O3S. The minimum Gasteiger partial charge on any atom is -0.497 e. The first-order valence-electron chi connectivity index (χ1n) is 9.66. The molecule has 1 N–H and O–H groups in total. The number of ether oxygens (including phenoxy) is 2. The van der Waals surface area contributed by atoms with Crippen molar-refractivity contribution >= 4 is 22.2 Å². The number of benzene rings is 2. The summed E-state index contributed by atoms with van der Waals surface area (Å²) in [5.41, 5.74) is 3.98. The number of methoxy groups -OCH3 is 2. The number of amides is 1. The maximum atomic E-state index is 12.3. The molecule has 0 radical (unpaired) electrons. The lowest BCUT2D eigenvalue weighted by Gasteiger charge is -2.09. The van der Waals surface area contributed by atoms with Crippen LogP contribution in [0.1, 0.15) is 17.7 Å². The van der Waals surface area contributed by atoms with E-state index < -0.39 is 0 Å². The molecule has 4 rings (SSSR count). The zero-order chi connectivity index (χ0) is 20.9. The Kier molecular flexibility index (Phi) is 5.99. The molecule has 0 atom stereocenters. The molecule has 2 heterocycles. The third-order valence-corrected chi connectivity index (χ3v) is 5.83. The lowest BCUT2D eigenvalue weighted by Crippen LogP contribution is -2.23. The van der Waals surface area contributed by atoms with E-state index >= 15 is 0 Å². The molecule has 0 saturated carbocycles. The summed E-state index contributed by atoms with van der Waals surface area (Å²) in [7, 11) is 3.29. The maximum absolute atomic E-state index is 12.3. The third kappa shape index (κ3) is 4.31. The molecule has 6 nitrogen and oxygen atoms in total. The van der Waals surface area contributed by atoms with Crippen molar-refractivity contribution in [3.63, 3.8) is 0 Å². The van der Waals surface area contributed by atoms with E-state index in [2.05, 4.69) is 15.1 Å². The van der Waals surface area contributed by atoms with E-state index in [-0.39, 0.29) is 5.91 Å². The van der Waals surface area contributed by atoms with Gasteiger partial charge in [-0.1, -0.05) is 18.2 Å². The number of hydrogen-bond acceptors (Lipinski definition) is 5. The number of nitrogens with one attached hydrogen (secondary N) is 1. The van der Waals surface area contributed by atoms with Crippen molar-refractivity contribution in [2.24, 2.45) is 0 Å². The first-order chi connectivity index (χ1) is 14.7. The summed E-state index contributed by atoms with van der Waals surface area (Å²) in [5, 5.41) is 5.04. The van der Waals surface area contributed by atoms with Crippen LogP contribution in [0.2, 0.25) is 0 Å². The second kappa shape index (κ2) is 9.00. The molecule has 0 aliphatic carbocycles. The second-order valence-electron chi connectivity index (χ2n) is 6.82. The summed E-state index contributed by atoms with van der Waals surface area (Å²) in [6, 6.07) is 15.5. The summed E-state index contributed by atoms with van der Waals surface area (Å²) in [5.74, 6) is 1.61. The van der Waals surface area contributed by atoms with E-state index in [1.165, 1.54) is 0 Å². The van der Waals surface area contributed by atoms with E-state index in [9.17, 15) is 4.79 Å². The molecule has 4 aromatic rings. The maximum Gasteiger partial charge on any atom is 0.220 e. The number of hydrogen-bond donors (Lipinski definition) is 1. The number of rotatable bonds is 8. The van der Waals surface area contributed by atoms with E-state index in [1.807, 2.05) is 54.7 Å². The molecular weight excluding hydrogens is 398 g/mol. The first kappa shape index (κ1) is 20.0. The average molecular weight is 422 g/mol. The highest BCUT2D eigenvalue weighted by Crippen LogP contribution is 2.26. The number of thiazole rings is 1. The Morgan fingerprint density at radius 2 is 1.90 bits per heavy atom. The molecule has 0 unspecified atom stereocenters. The van der Waals surface area contributed by atoms with E-state index in [0.29, 0.717) is 19.4 Å². The van der Waals surface area contributed by atoms with Crippen LogP contribution in [0, 0.1) is 0 Å². The molecule has 154 valence electrons. The van der Waals surface area contributed by atoms with Crippen LogP contribution in [-0.2, 0) is 17.8 Å². The largest absolute Gasteiger partial charge is 0.497 e. The van der Waals surface area contributed by atoms with E-state index in [1.54, 1.807) is 25.6 Å². The van der Waals surface area contributed by atoms with Crippen LogP contribution in [0.3, 0.4) is 0 Å². The van der Waals surface area contributed by atoms with Gasteiger partial charge in [0.25, 0.3) is 0 Å². The van der Waals surface area contributed by atoms with Crippen LogP contribution in [0.5, 0.6) is 11.5 Å². The number of carbonyl (C=O) groups excluding carboxylic acids is 1. The summed E-state index contributed by atoms with van der Waals surface area (Å²) < 4.78 is 12.6. The molecule has 2 aromatic carbocycles. The normalized spacial score (nSPS) is 10.9. The highest BCUT2D eigenvalue weighted by Gasteiger charge is 2.12. The van der Waals surface area contributed by atoms with Gasteiger partial charge in [0, 0.05) is 41.4 Å². The topological polar surface area (TPSA) is 64.9 Å². The van der Waals surface area contributed by atoms with Gasteiger partial charge in [-0.15, -0.1) is 11.3 Å². The minimum atomic E-state index is 0.00995. The number of aromatic nitrogens is 2. The van der Waals surface area contributed by atoms with Crippen molar-refractivity contribution in [3.8, 4) is 22.8 Å². The molecule has 0 aliphatic rings. The van der Waals surface area contributed by atoms with E-state index in [4.69, 9.17) is 14.5 Å². The number of aryl methyl sites for hydroxylation is 1. The van der Waals surface area contributed by atoms with Gasteiger partial charge in [0.15, 0.2) is 4.96 Å². The minimum absolute atomic E-state index is 0.00995. The Balaban J connectivity index is 1.39. The van der Waals surface area contributed by atoms with Gasteiger partial charge in [-0.25, -0.2) is 4.98 Å². The Morgan fingerprint density at radius 3 is 2.67 bits per heavy atom. The monoisotopic (exact) mass is 421 g/mol. The highest BCUT2D eigenvalue weighted by molar-refractivity contribution is 7.15. The molecule has 7 heteroatoms. The van der Waals surface area contributed by atoms with Gasteiger partial charge in [-0.2, -0.15) is 0 Å². The van der Waals surface area contributed by atoms with Crippen LogP contribution >= 0.6 is 11.3 Å². The van der Waals surface area contributed by atoms with Crippen LogP contribution in [0.15, 0.2) is 60.1 Å². The Hall–Kier alpha value is -3.32. The fraction of sp³-hybridized carbons (Fsp3) is 0.217. The summed E-state index contributed by atoms with van der Waals surface area (Å²) in [4.78, 5) is 18.0. The van der Waals surface area contributed by atoms with Gasteiger partial charge < -0.3 is 14.8 Å². The number of para-hydroxylation sites is 1. The number of nitrogens with zero attached hydrogens (tertiary/aromatic N) is 2. The van der Waals surface area contributed by atoms with Gasteiger partial charge >= 0.3 is 0 Å². The van der Waals surface area contributed by atoms with Crippen LogP contribution in [0.4, 0.5) is 0 Å². The predicted molar refractivity (Wildman–Crippen MR) is 118 cm³/mol. The molecule has 1 amide bonds. The first-order valence-corrected chi connectivity index (χ1v) is 10.5. The third-order valence-electron chi connectivity index (χ3n) is 4.95. The zero-order valence-corrected chi connectivity index (χ0v) is 17.7. The predicted octanol–water partition coefficient (Wildman–Crippen LogP) is 4.33. The van der Waals surface area contributed by atoms with Gasteiger partial charge in [-0.05, 0) is 36.8 Å². The number of fused-ring (bicyclic) bond motifs is 1. The molecule has 0 saturated heterocycles. The zero-order valence-electron chi connectivity index (χ0n) is 16.9. The lowest BCUT2D eigenvalue weighted by atomic mass is 10.1. The molecule has 0 spiro atoms. The van der Waals surface area contributed by atoms with Crippen LogP contribution in [0.25, 0.3) is 16.2 Å². The molecule has 30 heavy (non-hydrogen) atoms. The number of carbonyl (C=O) groups is 1. The summed E-state index contributed by atoms with van der Waals surface area (Å²) >= 11 is 1.58. The Labute approximate surface area is 179 Å². The Bertz CT molecular complexity index is 1150. The molecule has 0 aliphatic heterocycles. The number of imidazole rings is 1. The quantitative estimate of drug-likeness (QED) is 0.460. The van der Waals surface area contributed by atoms with Crippen molar-refractivity contribution < 1.29 is 14.3 Å². The second-order valence-corrected chi connectivity index (χ2v) is 7.66. The van der Waals surface area contributed by atoms with Gasteiger partial charge in [0.05, 0.1) is 19.9 Å². The van der Waals surface area contributed by atoms with Crippen molar-refractivity contribution in [2.75, 3.05) is 14.2 Å². The van der Waals surface area contributed by atoms with Gasteiger partial charge in [0.2, 0.25) is 5.91 Å². The van der Waals surface area contributed by atoms with Gasteiger partial charge in [0.1, 0.15) is 11.5 Å². The Morgan fingerprint density at radius 1 is 1.10 bits per heavy atom.